The maximum Gasteiger partial charge on any atom is 0.269 e. The molecule has 0 radical (unpaired) electrons. The SMILES string of the molecule is CCc1cc(C(=O)NCCCCC#N)n(CC)n1. The van der Waals surface area contributed by atoms with Crippen molar-refractivity contribution in [1.82, 2.24) is 15.1 Å². The molecule has 0 saturated heterocycles. The molecular formula is C13H20N4O. The van der Waals surface area contributed by atoms with Gasteiger partial charge in [-0.3, -0.25) is 9.48 Å². The molecule has 98 valence electrons. The quantitative estimate of drug-likeness (QED) is 0.749. The van der Waals surface area contributed by atoms with Crippen LogP contribution in [0.25, 0.3) is 0 Å². The van der Waals surface area contributed by atoms with Crippen molar-refractivity contribution in [2.75, 3.05) is 6.54 Å². The molecular weight excluding hydrogens is 228 g/mol. The van der Waals surface area contributed by atoms with Gasteiger partial charge in [-0.15, -0.1) is 0 Å². The van der Waals surface area contributed by atoms with Crippen molar-refractivity contribution in [3.8, 4) is 6.07 Å². The third kappa shape index (κ3) is 3.88. The van der Waals surface area contributed by atoms with Gasteiger partial charge in [0.1, 0.15) is 5.69 Å². The van der Waals surface area contributed by atoms with E-state index in [0.717, 1.165) is 25.0 Å². The van der Waals surface area contributed by atoms with Gasteiger partial charge in [0.15, 0.2) is 0 Å². The van der Waals surface area contributed by atoms with Crippen molar-refractivity contribution in [3.63, 3.8) is 0 Å². The number of unbranched alkanes of at least 4 members (excludes halogenated alkanes) is 2. The Hall–Kier alpha value is -1.83. The lowest BCUT2D eigenvalue weighted by Gasteiger charge is -2.05. The lowest BCUT2D eigenvalue weighted by atomic mass is 10.2. The molecule has 1 aromatic heterocycles. The molecule has 0 saturated carbocycles. The van der Waals surface area contributed by atoms with Crippen molar-refractivity contribution in [3.05, 3.63) is 17.5 Å². The summed E-state index contributed by atoms with van der Waals surface area (Å²) >= 11 is 0. The lowest BCUT2D eigenvalue weighted by Crippen LogP contribution is -2.27. The second-order valence-corrected chi connectivity index (χ2v) is 4.06. The second-order valence-electron chi connectivity index (χ2n) is 4.06. The summed E-state index contributed by atoms with van der Waals surface area (Å²) in [5.41, 5.74) is 1.56. The summed E-state index contributed by atoms with van der Waals surface area (Å²) in [7, 11) is 0. The number of aryl methyl sites for hydroxylation is 2. The molecule has 1 heterocycles. The van der Waals surface area contributed by atoms with Gasteiger partial charge in [0.2, 0.25) is 0 Å². The molecule has 5 nitrogen and oxygen atoms in total. The Morgan fingerprint density at radius 3 is 2.89 bits per heavy atom. The van der Waals surface area contributed by atoms with E-state index in [1.54, 1.807) is 4.68 Å². The lowest BCUT2D eigenvalue weighted by molar-refractivity contribution is 0.0942. The molecule has 18 heavy (non-hydrogen) atoms. The standard InChI is InChI=1S/C13H20N4O/c1-3-11-10-12(17(4-2)16-11)13(18)15-9-7-5-6-8-14/h10H,3-7,9H2,1-2H3,(H,15,18). The van der Waals surface area contributed by atoms with E-state index in [0.29, 0.717) is 25.2 Å². The van der Waals surface area contributed by atoms with E-state index in [1.807, 2.05) is 19.9 Å². The fourth-order valence-corrected chi connectivity index (χ4v) is 1.69. The number of hydrogen-bond acceptors (Lipinski definition) is 3. The van der Waals surface area contributed by atoms with E-state index in [2.05, 4.69) is 16.5 Å². The van der Waals surface area contributed by atoms with Crippen LogP contribution in [0.3, 0.4) is 0 Å². The number of aromatic nitrogens is 2. The number of nitrogens with one attached hydrogen (secondary N) is 1. The Morgan fingerprint density at radius 1 is 1.50 bits per heavy atom. The van der Waals surface area contributed by atoms with Crippen LogP contribution in [0.4, 0.5) is 0 Å². The van der Waals surface area contributed by atoms with Crippen molar-refractivity contribution < 1.29 is 4.79 Å². The first kappa shape index (κ1) is 14.2. The van der Waals surface area contributed by atoms with Crippen LogP contribution < -0.4 is 5.32 Å². The number of nitriles is 1. The topological polar surface area (TPSA) is 70.7 Å². The molecule has 0 aliphatic rings. The Balaban J connectivity index is 2.50. The summed E-state index contributed by atoms with van der Waals surface area (Å²) < 4.78 is 1.73. The number of hydrogen-bond donors (Lipinski definition) is 1. The zero-order valence-electron chi connectivity index (χ0n) is 11.1. The Labute approximate surface area is 108 Å². The third-order valence-electron chi connectivity index (χ3n) is 2.73. The van der Waals surface area contributed by atoms with Crippen LogP contribution in [0.5, 0.6) is 0 Å². The van der Waals surface area contributed by atoms with Gasteiger partial charge in [0.05, 0.1) is 11.8 Å². The largest absolute Gasteiger partial charge is 0.351 e. The van der Waals surface area contributed by atoms with E-state index >= 15 is 0 Å². The van der Waals surface area contributed by atoms with Crippen LogP contribution in [0.1, 0.15) is 49.3 Å². The highest BCUT2D eigenvalue weighted by atomic mass is 16.2. The average molecular weight is 248 g/mol. The van der Waals surface area contributed by atoms with Crippen molar-refractivity contribution in [1.29, 1.82) is 5.26 Å². The predicted molar refractivity (Wildman–Crippen MR) is 69.1 cm³/mol. The van der Waals surface area contributed by atoms with E-state index in [9.17, 15) is 4.79 Å². The molecule has 1 amide bonds. The molecule has 1 N–H and O–H groups in total. The number of nitrogens with zero attached hydrogens (tertiary/aromatic N) is 3. The van der Waals surface area contributed by atoms with Gasteiger partial charge >= 0.3 is 0 Å². The van der Waals surface area contributed by atoms with Gasteiger partial charge in [-0.2, -0.15) is 10.4 Å². The molecule has 5 heteroatoms. The molecule has 0 unspecified atom stereocenters. The Kier molecular flexibility index (Phi) is 5.92. The molecule has 0 bridgehead atoms. The summed E-state index contributed by atoms with van der Waals surface area (Å²) in [6, 6.07) is 3.93. The minimum absolute atomic E-state index is 0.0824. The number of rotatable bonds is 7. The van der Waals surface area contributed by atoms with E-state index in [-0.39, 0.29) is 5.91 Å². The fraction of sp³-hybridized carbons (Fsp3) is 0.615. The van der Waals surface area contributed by atoms with Crippen LogP contribution in [-0.4, -0.2) is 22.2 Å². The second kappa shape index (κ2) is 7.49. The van der Waals surface area contributed by atoms with E-state index in [1.165, 1.54) is 0 Å². The van der Waals surface area contributed by atoms with Gasteiger partial charge in [-0.05, 0) is 32.3 Å². The van der Waals surface area contributed by atoms with Crippen LogP contribution in [-0.2, 0) is 13.0 Å². The molecule has 0 atom stereocenters. The minimum atomic E-state index is -0.0824. The molecule has 0 aliphatic carbocycles. The third-order valence-corrected chi connectivity index (χ3v) is 2.73. The van der Waals surface area contributed by atoms with Crippen LogP contribution >= 0.6 is 0 Å². The molecule has 0 fully saturated rings. The van der Waals surface area contributed by atoms with E-state index in [4.69, 9.17) is 5.26 Å². The first-order chi connectivity index (χ1) is 8.72. The zero-order valence-corrected chi connectivity index (χ0v) is 11.1. The van der Waals surface area contributed by atoms with Gasteiger partial charge in [-0.1, -0.05) is 6.92 Å². The predicted octanol–water partition coefficient (Wildman–Crippen LogP) is 1.89. The van der Waals surface area contributed by atoms with Crippen molar-refractivity contribution in [2.45, 2.75) is 46.1 Å². The minimum Gasteiger partial charge on any atom is -0.351 e. The van der Waals surface area contributed by atoms with E-state index < -0.39 is 0 Å². The first-order valence-electron chi connectivity index (χ1n) is 6.44. The first-order valence-corrected chi connectivity index (χ1v) is 6.44. The smallest absolute Gasteiger partial charge is 0.269 e. The fourth-order valence-electron chi connectivity index (χ4n) is 1.69. The van der Waals surface area contributed by atoms with Gasteiger partial charge in [-0.25, -0.2) is 0 Å². The maximum atomic E-state index is 11.9. The monoisotopic (exact) mass is 248 g/mol. The molecule has 0 aromatic carbocycles. The highest BCUT2D eigenvalue weighted by Gasteiger charge is 2.12. The van der Waals surface area contributed by atoms with Crippen molar-refractivity contribution in [2.24, 2.45) is 0 Å². The summed E-state index contributed by atoms with van der Waals surface area (Å²) in [5, 5.41) is 15.6. The molecule has 1 rings (SSSR count). The normalized spacial score (nSPS) is 10.1. The Bertz CT molecular complexity index is 431. The van der Waals surface area contributed by atoms with Crippen LogP contribution in [0.2, 0.25) is 0 Å². The highest BCUT2D eigenvalue weighted by molar-refractivity contribution is 5.92. The van der Waals surface area contributed by atoms with Gasteiger partial charge in [0, 0.05) is 19.5 Å². The molecule has 0 spiro atoms. The summed E-state index contributed by atoms with van der Waals surface area (Å²) in [4.78, 5) is 11.9. The van der Waals surface area contributed by atoms with Gasteiger partial charge < -0.3 is 5.32 Å². The molecule has 0 aliphatic heterocycles. The highest BCUT2D eigenvalue weighted by Crippen LogP contribution is 2.05. The number of carbonyl (C=O) groups is 1. The number of carbonyl (C=O) groups excluding carboxylic acids is 1. The number of amides is 1. The zero-order chi connectivity index (χ0) is 13.4. The summed E-state index contributed by atoms with van der Waals surface area (Å²) in [6.45, 7) is 5.29. The molecule has 1 aromatic rings. The average Bonchev–Trinajstić information content (AvgIpc) is 2.81. The summed E-state index contributed by atoms with van der Waals surface area (Å²) in [5.74, 6) is -0.0824. The van der Waals surface area contributed by atoms with Crippen LogP contribution in [0.15, 0.2) is 6.07 Å². The Morgan fingerprint density at radius 2 is 2.28 bits per heavy atom. The van der Waals surface area contributed by atoms with Crippen LogP contribution in [0, 0.1) is 11.3 Å². The maximum absolute atomic E-state index is 11.9. The van der Waals surface area contributed by atoms with Gasteiger partial charge in [0.25, 0.3) is 5.91 Å². The summed E-state index contributed by atoms with van der Waals surface area (Å²) in [6.07, 6.45) is 3.03. The van der Waals surface area contributed by atoms with Crippen molar-refractivity contribution >= 4 is 5.91 Å².